The first-order valence-electron chi connectivity index (χ1n) is 11.8. The summed E-state index contributed by atoms with van der Waals surface area (Å²) in [6, 6.07) is 26.4. The average molecular weight is 575 g/mol. The van der Waals surface area contributed by atoms with E-state index in [9.17, 15) is 13.6 Å². The third-order valence-electron chi connectivity index (χ3n) is 5.78. The lowest BCUT2D eigenvalue weighted by atomic mass is 10.1. The monoisotopic (exact) mass is 574 g/mol. The number of esters is 1. The lowest BCUT2D eigenvalue weighted by molar-refractivity contribution is 0.0688. The number of rotatable bonds is 8. The quantitative estimate of drug-likeness (QED) is 0.142. The molecular formula is C30H21BrF2N2O3. The Morgan fingerprint density at radius 3 is 2.18 bits per heavy atom. The molecular weight excluding hydrogens is 554 g/mol. The first kappa shape index (κ1) is 25.4. The number of halogens is 3. The van der Waals surface area contributed by atoms with E-state index in [1.165, 1.54) is 42.5 Å². The van der Waals surface area contributed by atoms with Gasteiger partial charge in [-0.2, -0.15) is 0 Å². The van der Waals surface area contributed by atoms with Crippen molar-refractivity contribution in [1.29, 1.82) is 0 Å². The van der Waals surface area contributed by atoms with Crippen LogP contribution >= 0.6 is 15.9 Å². The number of fused-ring (bicyclic) bond motifs is 1. The zero-order valence-electron chi connectivity index (χ0n) is 20.0. The second-order valence-corrected chi connectivity index (χ2v) is 9.19. The second kappa shape index (κ2) is 11.4. The molecule has 190 valence electrons. The Morgan fingerprint density at radius 2 is 1.47 bits per heavy atom. The highest BCUT2D eigenvalue weighted by molar-refractivity contribution is 9.10. The third-order valence-corrected chi connectivity index (χ3v) is 6.31. The number of aromatic nitrogens is 2. The maximum atomic E-state index is 14.8. The van der Waals surface area contributed by atoms with Crippen LogP contribution in [0.15, 0.2) is 102 Å². The minimum atomic E-state index is -0.946. The van der Waals surface area contributed by atoms with Gasteiger partial charge in [-0.3, -0.25) is 0 Å². The predicted octanol–water partition coefficient (Wildman–Crippen LogP) is 7.51. The number of imidazole rings is 1. The number of hydrogen-bond donors (Lipinski definition) is 0. The van der Waals surface area contributed by atoms with E-state index >= 15 is 0 Å². The van der Waals surface area contributed by atoms with Gasteiger partial charge >= 0.3 is 5.97 Å². The number of carbonyl (C=O) groups is 1. The summed E-state index contributed by atoms with van der Waals surface area (Å²) >= 11 is 3.41. The van der Waals surface area contributed by atoms with Gasteiger partial charge in [-0.05, 0) is 60.7 Å². The van der Waals surface area contributed by atoms with Crippen LogP contribution < -0.4 is 4.74 Å². The molecule has 38 heavy (non-hydrogen) atoms. The zero-order valence-corrected chi connectivity index (χ0v) is 21.6. The van der Waals surface area contributed by atoms with Crippen LogP contribution in [0.3, 0.4) is 0 Å². The van der Waals surface area contributed by atoms with E-state index in [2.05, 4.69) is 20.9 Å². The molecule has 0 radical (unpaired) electrons. The number of para-hydroxylation sites is 2. The zero-order chi connectivity index (χ0) is 26.5. The van der Waals surface area contributed by atoms with Crippen LogP contribution in [0.25, 0.3) is 22.9 Å². The Hall–Kier alpha value is -4.30. The van der Waals surface area contributed by atoms with Gasteiger partial charge in [0.25, 0.3) is 0 Å². The molecule has 5 rings (SSSR count). The number of hydrogen-bond acceptors (Lipinski definition) is 4. The molecule has 0 N–H and O–H groups in total. The molecule has 8 heteroatoms. The highest BCUT2D eigenvalue weighted by Crippen LogP contribution is 2.26. The van der Waals surface area contributed by atoms with E-state index in [-0.39, 0.29) is 16.9 Å². The molecule has 0 saturated carbocycles. The van der Waals surface area contributed by atoms with Gasteiger partial charge < -0.3 is 14.0 Å². The second-order valence-electron chi connectivity index (χ2n) is 8.27. The van der Waals surface area contributed by atoms with Crippen LogP contribution in [-0.2, 0) is 11.3 Å². The summed E-state index contributed by atoms with van der Waals surface area (Å²) in [6.07, 6.45) is 1.48. The Balaban J connectivity index is 1.52. The van der Waals surface area contributed by atoms with Crippen LogP contribution in [-0.4, -0.2) is 22.1 Å². The topological polar surface area (TPSA) is 53.3 Å². The molecule has 0 aliphatic heterocycles. The summed E-state index contributed by atoms with van der Waals surface area (Å²) in [6.45, 7) is 0.737. The van der Waals surface area contributed by atoms with Crippen LogP contribution in [0, 0.1) is 11.6 Å². The van der Waals surface area contributed by atoms with E-state index in [0.29, 0.717) is 30.2 Å². The lowest BCUT2D eigenvalue weighted by Gasteiger charge is -2.13. The summed E-state index contributed by atoms with van der Waals surface area (Å²) in [5.74, 6) is -1.24. The number of ether oxygens (including phenoxy) is 2. The van der Waals surface area contributed by atoms with Gasteiger partial charge in [0, 0.05) is 10.5 Å². The fraction of sp³-hybridized carbons (Fsp3) is 0.0667. The molecule has 0 aliphatic carbocycles. The maximum absolute atomic E-state index is 14.8. The van der Waals surface area contributed by atoms with Gasteiger partial charge in [0.2, 0.25) is 0 Å². The van der Waals surface area contributed by atoms with Crippen LogP contribution in [0.4, 0.5) is 8.78 Å². The third kappa shape index (κ3) is 5.65. The van der Waals surface area contributed by atoms with Gasteiger partial charge in [0.1, 0.15) is 35.6 Å². The number of benzene rings is 4. The molecule has 4 aromatic carbocycles. The fourth-order valence-corrected chi connectivity index (χ4v) is 4.21. The van der Waals surface area contributed by atoms with Crippen molar-refractivity contribution in [3.8, 4) is 5.75 Å². The van der Waals surface area contributed by atoms with Crippen LogP contribution in [0.1, 0.15) is 21.7 Å². The summed E-state index contributed by atoms with van der Waals surface area (Å²) in [4.78, 5) is 17.6. The number of nitrogens with zero attached hydrogens (tertiary/aromatic N) is 2. The van der Waals surface area contributed by atoms with Crippen molar-refractivity contribution in [2.24, 2.45) is 0 Å². The van der Waals surface area contributed by atoms with Crippen molar-refractivity contribution < 1.29 is 23.0 Å². The largest absolute Gasteiger partial charge is 0.492 e. The Kier molecular flexibility index (Phi) is 7.60. The van der Waals surface area contributed by atoms with Crippen molar-refractivity contribution >= 4 is 44.8 Å². The minimum Gasteiger partial charge on any atom is -0.492 e. The Bertz CT molecular complexity index is 1630. The molecule has 5 nitrogen and oxygen atoms in total. The van der Waals surface area contributed by atoms with Crippen molar-refractivity contribution in [3.05, 3.63) is 130 Å². The normalized spacial score (nSPS) is 11.5. The SMILES string of the molecule is O=C(O/C(=C/c1nc2ccccc2n1CCOc1ccc(Br)cc1)c1ccccc1F)c1ccccc1F. The van der Waals surface area contributed by atoms with Crippen LogP contribution in [0.5, 0.6) is 5.75 Å². The molecule has 1 heterocycles. The smallest absolute Gasteiger partial charge is 0.346 e. The van der Waals surface area contributed by atoms with E-state index in [1.807, 2.05) is 53.1 Å². The predicted molar refractivity (Wildman–Crippen MR) is 145 cm³/mol. The summed E-state index contributed by atoms with van der Waals surface area (Å²) in [7, 11) is 0. The van der Waals surface area contributed by atoms with Gasteiger partial charge in [0.05, 0.1) is 28.7 Å². The molecule has 1 aromatic heterocycles. The maximum Gasteiger partial charge on any atom is 0.346 e. The first-order chi connectivity index (χ1) is 18.5. The molecule has 0 bridgehead atoms. The van der Waals surface area contributed by atoms with E-state index in [1.54, 1.807) is 6.07 Å². The van der Waals surface area contributed by atoms with Crippen LogP contribution in [0.2, 0.25) is 0 Å². The van der Waals surface area contributed by atoms with E-state index < -0.39 is 17.6 Å². The standard InChI is InChI=1S/C30H21BrF2N2O3/c31-20-13-15-21(16-14-20)37-18-17-35-27-12-6-5-11-26(27)34-29(35)19-28(22-7-1-3-9-24(22)32)38-30(36)23-8-2-4-10-25(23)33/h1-16,19H,17-18H2/b28-19+. The molecule has 5 aromatic rings. The summed E-state index contributed by atoms with van der Waals surface area (Å²) in [5.41, 5.74) is 1.32. The Labute approximate surface area is 226 Å². The van der Waals surface area contributed by atoms with Crippen molar-refractivity contribution in [1.82, 2.24) is 9.55 Å². The Morgan fingerprint density at radius 1 is 0.842 bits per heavy atom. The van der Waals surface area contributed by atoms with Gasteiger partial charge in [0.15, 0.2) is 0 Å². The fourth-order valence-electron chi connectivity index (χ4n) is 3.95. The van der Waals surface area contributed by atoms with Gasteiger partial charge in [-0.25, -0.2) is 18.6 Å². The number of carbonyl (C=O) groups excluding carboxylic acids is 1. The average Bonchev–Trinajstić information content (AvgIpc) is 3.27. The van der Waals surface area contributed by atoms with Crippen molar-refractivity contribution in [3.63, 3.8) is 0 Å². The summed E-state index contributed by atoms with van der Waals surface area (Å²) in [5, 5.41) is 0. The molecule has 0 spiro atoms. The first-order valence-corrected chi connectivity index (χ1v) is 12.6. The highest BCUT2D eigenvalue weighted by atomic mass is 79.9. The van der Waals surface area contributed by atoms with E-state index in [4.69, 9.17) is 9.47 Å². The van der Waals surface area contributed by atoms with Crippen molar-refractivity contribution in [2.75, 3.05) is 6.61 Å². The molecule has 0 saturated heterocycles. The highest BCUT2D eigenvalue weighted by Gasteiger charge is 2.20. The van der Waals surface area contributed by atoms with E-state index in [0.717, 1.165) is 16.1 Å². The molecule has 0 fully saturated rings. The lowest BCUT2D eigenvalue weighted by Crippen LogP contribution is -2.11. The molecule has 0 atom stereocenters. The van der Waals surface area contributed by atoms with Gasteiger partial charge in [-0.1, -0.05) is 52.3 Å². The molecule has 0 aliphatic rings. The van der Waals surface area contributed by atoms with Crippen molar-refractivity contribution in [2.45, 2.75) is 6.54 Å². The summed E-state index contributed by atoms with van der Waals surface area (Å²) < 4.78 is 43.4. The molecule has 0 amide bonds. The minimum absolute atomic E-state index is 0.0434. The molecule has 0 unspecified atom stereocenters. The van der Waals surface area contributed by atoms with Gasteiger partial charge in [-0.15, -0.1) is 0 Å².